The molecule has 1 heterocycles. The van der Waals surface area contributed by atoms with Crippen LogP contribution in [0.15, 0.2) is 72.8 Å². The lowest BCUT2D eigenvalue weighted by Crippen LogP contribution is -2.44. The van der Waals surface area contributed by atoms with Crippen LogP contribution in [0.4, 0.5) is 0 Å². The predicted molar refractivity (Wildman–Crippen MR) is 154 cm³/mol. The molecule has 3 heteroatoms. The van der Waals surface area contributed by atoms with E-state index in [0.717, 1.165) is 62.0 Å². The topological polar surface area (TPSA) is 43.7 Å². The van der Waals surface area contributed by atoms with E-state index in [0.29, 0.717) is 0 Å². The summed E-state index contributed by atoms with van der Waals surface area (Å²) in [5.41, 5.74) is 5.83. The average molecular weight is 500 g/mol. The van der Waals surface area contributed by atoms with Gasteiger partial charge in [0, 0.05) is 0 Å². The Morgan fingerprint density at radius 1 is 0.757 bits per heavy atom. The minimum absolute atomic E-state index is 0.126. The molecular formula is C34H45NO2. The molecule has 0 radical (unpaired) electrons. The summed E-state index contributed by atoms with van der Waals surface area (Å²) in [6.07, 6.45) is 3.22. The van der Waals surface area contributed by atoms with Crippen molar-refractivity contribution in [3.63, 3.8) is 0 Å². The highest BCUT2D eigenvalue weighted by Gasteiger charge is 2.41. The minimum atomic E-state index is -0.983. The van der Waals surface area contributed by atoms with E-state index in [1.54, 1.807) is 0 Å². The van der Waals surface area contributed by atoms with Crippen molar-refractivity contribution in [2.24, 2.45) is 5.92 Å². The third kappa shape index (κ3) is 6.52. The fraction of sp³-hybridized carbons (Fsp3) is 0.471. The van der Waals surface area contributed by atoms with Crippen molar-refractivity contribution >= 4 is 0 Å². The number of benzene rings is 3. The van der Waals surface area contributed by atoms with Gasteiger partial charge in [0.25, 0.3) is 0 Å². The molecule has 3 aromatic carbocycles. The molecule has 1 fully saturated rings. The van der Waals surface area contributed by atoms with Crippen LogP contribution in [0.25, 0.3) is 0 Å². The second kappa shape index (κ2) is 11.5. The monoisotopic (exact) mass is 499 g/mol. The third-order valence-corrected chi connectivity index (χ3v) is 8.28. The smallest absolute Gasteiger partial charge is 0.117 e. The Bertz CT molecular complexity index is 1070. The SMILES string of the molecule is Cc1ccc(C(O)(c2ccc(C)cc2)C2CCN(CCCC(O)c3ccc(C(C)(C)C)cc3)CC2)cc1. The van der Waals surface area contributed by atoms with Crippen LogP contribution < -0.4 is 0 Å². The highest BCUT2D eigenvalue weighted by Crippen LogP contribution is 2.42. The van der Waals surface area contributed by atoms with Gasteiger partial charge in [0.2, 0.25) is 0 Å². The van der Waals surface area contributed by atoms with E-state index in [1.807, 2.05) is 0 Å². The molecule has 0 spiro atoms. The molecular weight excluding hydrogens is 454 g/mol. The van der Waals surface area contributed by atoms with E-state index in [9.17, 15) is 10.2 Å². The Morgan fingerprint density at radius 2 is 1.22 bits per heavy atom. The molecule has 1 aliphatic heterocycles. The van der Waals surface area contributed by atoms with Crippen LogP contribution in [-0.2, 0) is 11.0 Å². The van der Waals surface area contributed by atoms with Gasteiger partial charge in [0.05, 0.1) is 6.10 Å². The molecule has 1 saturated heterocycles. The third-order valence-electron chi connectivity index (χ3n) is 8.28. The first-order valence-electron chi connectivity index (χ1n) is 13.9. The van der Waals surface area contributed by atoms with Crippen LogP contribution in [0, 0.1) is 19.8 Å². The van der Waals surface area contributed by atoms with Gasteiger partial charge in [-0.15, -0.1) is 0 Å². The Kier molecular flexibility index (Phi) is 8.58. The van der Waals surface area contributed by atoms with E-state index in [4.69, 9.17) is 0 Å². The molecule has 1 unspecified atom stereocenters. The quantitative estimate of drug-likeness (QED) is 0.349. The van der Waals surface area contributed by atoms with Gasteiger partial charge >= 0.3 is 0 Å². The summed E-state index contributed by atoms with van der Waals surface area (Å²) >= 11 is 0. The zero-order valence-corrected chi connectivity index (χ0v) is 23.4. The number of rotatable bonds is 8. The first-order valence-corrected chi connectivity index (χ1v) is 13.9. The maximum absolute atomic E-state index is 12.2. The molecule has 37 heavy (non-hydrogen) atoms. The molecule has 3 nitrogen and oxygen atoms in total. The Balaban J connectivity index is 1.35. The number of likely N-dealkylation sites (tertiary alicyclic amines) is 1. The molecule has 198 valence electrons. The van der Waals surface area contributed by atoms with E-state index < -0.39 is 11.7 Å². The second-order valence-electron chi connectivity index (χ2n) is 12.1. The average Bonchev–Trinajstić information content (AvgIpc) is 2.89. The molecule has 4 rings (SSSR count). The summed E-state index contributed by atoms with van der Waals surface area (Å²) in [6.45, 7) is 13.7. The summed E-state index contributed by atoms with van der Waals surface area (Å²) in [5, 5.41) is 23.0. The van der Waals surface area contributed by atoms with E-state index in [2.05, 4.69) is 112 Å². The first-order chi connectivity index (χ1) is 17.6. The van der Waals surface area contributed by atoms with Crippen LogP contribution in [0.2, 0.25) is 0 Å². The van der Waals surface area contributed by atoms with Crippen molar-refractivity contribution < 1.29 is 10.2 Å². The number of aryl methyl sites for hydroxylation is 2. The van der Waals surface area contributed by atoms with Crippen molar-refractivity contribution in [2.45, 2.75) is 77.4 Å². The number of aliphatic hydroxyl groups is 2. The summed E-state index contributed by atoms with van der Waals surface area (Å²) in [5.74, 6) is 0.168. The van der Waals surface area contributed by atoms with Crippen molar-refractivity contribution in [3.05, 3.63) is 106 Å². The van der Waals surface area contributed by atoms with Crippen LogP contribution in [0.3, 0.4) is 0 Å². The highest BCUT2D eigenvalue weighted by atomic mass is 16.3. The van der Waals surface area contributed by atoms with Gasteiger partial charge in [-0.1, -0.05) is 105 Å². The van der Waals surface area contributed by atoms with Crippen molar-refractivity contribution in [3.8, 4) is 0 Å². The summed E-state index contributed by atoms with van der Waals surface area (Å²) in [6, 6.07) is 25.2. The molecule has 2 N–H and O–H groups in total. The molecule has 3 aromatic rings. The highest BCUT2D eigenvalue weighted by molar-refractivity contribution is 5.39. The zero-order valence-electron chi connectivity index (χ0n) is 23.4. The van der Waals surface area contributed by atoms with E-state index >= 15 is 0 Å². The largest absolute Gasteiger partial charge is 0.388 e. The molecule has 0 bridgehead atoms. The standard InChI is InChI=1S/C34H45NO2/c1-25-8-14-29(15-9-25)34(37,30-16-10-26(2)11-17-30)31-20-23-35(24-21-31)22-6-7-32(36)27-12-18-28(19-13-27)33(3,4)5/h8-19,31-32,36-37H,6-7,20-24H2,1-5H3. The number of aliphatic hydroxyl groups excluding tert-OH is 1. The van der Waals surface area contributed by atoms with Gasteiger partial charge in [-0.05, 0) is 92.8 Å². The molecule has 0 aliphatic carbocycles. The maximum Gasteiger partial charge on any atom is 0.117 e. The molecule has 0 saturated carbocycles. The van der Waals surface area contributed by atoms with Gasteiger partial charge in [0.15, 0.2) is 0 Å². The van der Waals surface area contributed by atoms with Crippen molar-refractivity contribution in [1.29, 1.82) is 0 Å². The lowest BCUT2D eigenvalue weighted by atomic mass is 9.72. The normalized spacial score (nSPS) is 16.6. The zero-order chi connectivity index (χ0) is 26.6. The Labute approximate surface area is 224 Å². The summed E-state index contributed by atoms with van der Waals surface area (Å²) < 4.78 is 0. The molecule has 1 aliphatic rings. The lowest BCUT2D eigenvalue weighted by molar-refractivity contribution is -0.0146. The van der Waals surface area contributed by atoms with E-state index in [-0.39, 0.29) is 11.3 Å². The summed E-state index contributed by atoms with van der Waals surface area (Å²) in [4.78, 5) is 2.50. The predicted octanol–water partition coefficient (Wildman–Crippen LogP) is 7.06. The molecule has 0 amide bonds. The van der Waals surface area contributed by atoms with Gasteiger partial charge in [0.1, 0.15) is 5.60 Å². The van der Waals surface area contributed by atoms with Gasteiger partial charge in [-0.3, -0.25) is 0 Å². The van der Waals surface area contributed by atoms with Gasteiger partial charge < -0.3 is 15.1 Å². The maximum atomic E-state index is 12.2. The van der Waals surface area contributed by atoms with Gasteiger partial charge in [-0.2, -0.15) is 0 Å². The van der Waals surface area contributed by atoms with Crippen molar-refractivity contribution in [2.75, 3.05) is 19.6 Å². The Hall–Kier alpha value is -2.46. The lowest BCUT2D eigenvalue weighted by Gasteiger charge is -2.42. The van der Waals surface area contributed by atoms with Gasteiger partial charge in [-0.25, -0.2) is 0 Å². The summed E-state index contributed by atoms with van der Waals surface area (Å²) in [7, 11) is 0. The first kappa shape index (κ1) is 27.6. The fourth-order valence-corrected chi connectivity index (χ4v) is 5.71. The van der Waals surface area contributed by atoms with Crippen molar-refractivity contribution in [1.82, 2.24) is 4.90 Å². The van der Waals surface area contributed by atoms with Crippen LogP contribution in [0.5, 0.6) is 0 Å². The van der Waals surface area contributed by atoms with Crippen LogP contribution >= 0.6 is 0 Å². The molecule has 1 atom stereocenters. The molecule has 0 aromatic heterocycles. The van der Waals surface area contributed by atoms with E-state index in [1.165, 1.54) is 16.7 Å². The number of hydrogen-bond donors (Lipinski definition) is 2. The second-order valence-corrected chi connectivity index (χ2v) is 12.1. The fourth-order valence-electron chi connectivity index (χ4n) is 5.71. The van der Waals surface area contributed by atoms with Crippen LogP contribution in [-0.4, -0.2) is 34.7 Å². The number of piperidine rings is 1. The van der Waals surface area contributed by atoms with Crippen LogP contribution in [0.1, 0.15) is 85.9 Å². The minimum Gasteiger partial charge on any atom is -0.388 e. The number of nitrogens with zero attached hydrogens (tertiary/aromatic N) is 1. The Morgan fingerprint density at radius 3 is 1.68 bits per heavy atom. The number of hydrogen-bond acceptors (Lipinski definition) is 3.